The van der Waals surface area contributed by atoms with E-state index in [9.17, 15) is 0 Å². The van der Waals surface area contributed by atoms with Gasteiger partial charge in [-0.1, -0.05) is 27.7 Å². The van der Waals surface area contributed by atoms with E-state index >= 15 is 0 Å². The van der Waals surface area contributed by atoms with E-state index in [1.807, 2.05) is 58.9 Å². The molecular weight excluding hydrogens is 302 g/mol. The van der Waals surface area contributed by atoms with Crippen LogP contribution in [0.3, 0.4) is 0 Å². The lowest BCUT2D eigenvalue weighted by Crippen LogP contribution is -1.85. The molecule has 0 aliphatic carbocycles. The Morgan fingerprint density at radius 1 is 0.917 bits per heavy atom. The van der Waals surface area contributed by atoms with Gasteiger partial charge >= 0.3 is 0 Å². The molecule has 0 N–H and O–H groups in total. The van der Waals surface area contributed by atoms with Crippen LogP contribution in [-0.2, 0) is 0 Å². The third kappa shape index (κ3) is 4.07. The summed E-state index contributed by atoms with van der Waals surface area (Å²) in [6.45, 7) is 10.0. The van der Waals surface area contributed by atoms with Gasteiger partial charge in [-0.3, -0.25) is 0 Å². The lowest BCUT2D eigenvalue weighted by Gasteiger charge is -2.01. The Morgan fingerprint density at radius 2 is 1.54 bits per heavy atom. The number of ether oxygens (including phenoxy) is 2. The van der Waals surface area contributed by atoms with Crippen LogP contribution in [0.15, 0.2) is 40.9 Å². The van der Waals surface area contributed by atoms with Gasteiger partial charge in [-0.05, 0) is 31.2 Å². The van der Waals surface area contributed by atoms with Gasteiger partial charge in [0.15, 0.2) is 0 Å². The van der Waals surface area contributed by atoms with E-state index < -0.39 is 0 Å². The van der Waals surface area contributed by atoms with Crippen LogP contribution >= 0.6 is 0 Å². The summed E-state index contributed by atoms with van der Waals surface area (Å²) < 4.78 is 16.2. The lowest BCUT2D eigenvalue weighted by atomic mass is 10.1. The predicted molar refractivity (Wildman–Crippen MR) is 100.0 cm³/mol. The van der Waals surface area contributed by atoms with E-state index in [1.54, 1.807) is 26.5 Å². The highest BCUT2D eigenvalue weighted by atomic mass is 16.5. The largest absolute Gasteiger partial charge is 0.497 e. The first-order chi connectivity index (χ1) is 11.7. The number of pyridine rings is 1. The minimum absolute atomic E-state index is 0.549. The number of furan rings is 1. The summed E-state index contributed by atoms with van der Waals surface area (Å²) in [6.07, 6.45) is 1.78. The van der Waals surface area contributed by atoms with Gasteiger partial charge in [0.1, 0.15) is 17.1 Å². The van der Waals surface area contributed by atoms with Crippen LogP contribution in [0.25, 0.3) is 22.3 Å². The molecule has 0 aliphatic rings. The lowest BCUT2D eigenvalue weighted by molar-refractivity contribution is 0.398. The monoisotopic (exact) mass is 329 g/mol. The zero-order valence-electron chi connectivity index (χ0n) is 15.6. The molecule has 0 amide bonds. The molecule has 0 spiro atoms. The standard InChI is InChI=1S/C16H15NO3.2C2H6/c1-10-13-9-17-15(19-3)8-14(13)20-16(10)11-4-6-12(18-2)7-5-11;2*1-2/h4-9H,1-3H3;2*1-2H3. The number of aryl methyl sites for hydroxylation is 1. The Morgan fingerprint density at radius 3 is 2.08 bits per heavy atom. The van der Waals surface area contributed by atoms with Crippen LogP contribution < -0.4 is 9.47 Å². The molecule has 0 saturated heterocycles. The fraction of sp³-hybridized carbons (Fsp3) is 0.350. The fourth-order valence-electron chi connectivity index (χ4n) is 2.22. The van der Waals surface area contributed by atoms with Gasteiger partial charge in [-0.2, -0.15) is 0 Å². The maximum atomic E-state index is 5.94. The van der Waals surface area contributed by atoms with E-state index in [4.69, 9.17) is 13.9 Å². The Balaban J connectivity index is 0.000000671. The summed E-state index contributed by atoms with van der Waals surface area (Å²) >= 11 is 0. The second-order valence-electron chi connectivity index (χ2n) is 4.51. The van der Waals surface area contributed by atoms with Crippen molar-refractivity contribution in [1.82, 2.24) is 4.98 Å². The topological polar surface area (TPSA) is 44.5 Å². The van der Waals surface area contributed by atoms with Gasteiger partial charge in [0.2, 0.25) is 5.88 Å². The summed E-state index contributed by atoms with van der Waals surface area (Å²) in [5, 5.41) is 0.997. The fourth-order valence-corrected chi connectivity index (χ4v) is 2.22. The number of rotatable bonds is 3. The Hall–Kier alpha value is -2.49. The first kappa shape index (κ1) is 19.6. The van der Waals surface area contributed by atoms with Crippen LogP contribution in [0.2, 0.25) is 0 Å². The second-order valence-corrected chi connectivity index (χ2v) is 4.51. The van der Waals surface area contributed by atoms with E-state index in [-0.39, 0.29) is 0 Å². The highest BCUT2D eigenvalue weighted by Gasteiger charge is 2.13. The highest BCUT2D eigenvalue weighted by molar-refractivity contribution is 5.87. The highest BCUT2D eigenvalue weighted by Crippen LogP contribution is 2.34. The number of benzene rings is 1. The second kappa shape index (κ2) is 9.60. The molecule has 0 saturated carbocycles. The molecule has 0 atom stereocenters. The quantitative estimate of drug-likeness (QED) is 0.602. The van der Waals surface area contributed by atoms with Crippen LogP contribution in [0.4, 0.5) is 0 Å². The molecule has 3 rings (SSSR count). The van der Waals surface area contributed by atoms with E-state index in [0.717, 1.165) is 33.6 Å². The third-order valence-electron chi connectivity index (χ3n) is 3.36. The first-order valence-corrected chi connectivity index (χ1v) is 8.30. The van der Waals surface area contributed by atoms with Gasteiger partial charge in [-0.25, -0.2) is 4.98 Å². The molecular formula is C20H27NO3. The van der Waals surface area contributed by atoms with E-state index in [2.05, 4.69) is 4.98 Å². The Bertz CT molecular complexity index is 745. The van der Waals surface area contributed by atoms with Crippen molar-refractivity contribution in [3.8, 4) is 23.0 Å². The van der Waals surface area contributed by atoms with Crippen LogP contribution in [0, 0.1) is 6.92 Å². The van der Waals surface area contributed by atoms with Crippen molar-refractivity contribution in [3.63, 3.8) is 0 Å². The van der Waals surface area contributed by atoms with Crippen molar-refractivity contribution in [2.24, 2.45) is 0 Å². The van der Waals surface area contributed by atoms with Gasteiger partial charge in [-0.15, -0.1) is 0 Å². The molecule has 130 valence electrons. The predicted octanol–water partition coefficient (Wildman–Crippen LogP) is 5.87. The minimum atomic E-state index is 0.549. The molecule has 0 unspecified atom stereocenters. The van der Waals surface area contributed by atoms with Crippen LogP contribution in [0.5, 0.6) is 11.6 Å². The SMILES string of the molecule is CC.CC.COc1ccc(-c2oc3cc(OC)ncc3c2C)cc1. The molecule has 2 heterocycles. The number of fused-ring (bicyclic) bond motifs is 1. The normalized spacial score (nSPS) is 9.46. The van der Waals surface area contributed by atoms with Crippen molar-refractivity contribution < 1.29 is 13.9 Å². The maximum absolute atomic E-state index is 5.94. The van der Waals surface area contributed by atoms with E-state index in [1.165, 1.54) is 0 Å². The third-order valence-corrected chi connectivity index (χ3v) is 3.36. The van der Waals surface area contributed by atoms with Crippen molar-refractivity contribution in [2.75, 3.05) is 14.2 Å². The van der Waals surface area contributed by atoms with Gasteiger partial charge in [0.05, 0.1) is 14.2 Å². The average Bonchev–Trinajstić information content (AvgIpc) is 3.01. The van der Waals surface area contributed by atoms with Gasteiger partial charge in [0, 0.05) is 28.8 Å². The zero-order chi connectivity index (χ0) is 18.1. The van der Waals surface area contributed by atoms with Crippen molar-refractivity contribution in [1.29, 1.82) is 0 Å². The van der Waals surface area contributed by atoms with Gasteiger partial charge in [0.25, 0.3) is 0 Å². The summed E-state index contributed by atoms with van der Waals surface area (Å²) in [4.78, 5) is 4.22. The molecule has 0 fully saturated rings. The number of hydrogen-bond acceptors (Lipinski definition) is 4. The summed E-state index contributed by atoms with van der Waals surface area (Å²) in [6, 6.07) is 9.60. The number of aromatic nitrogens is 1. The molecule has 0 bridgehead atoms. The molecule has 4 heteroatoms. The summed E-state index contributed by atoms with van der Waals surface area (Å²) in [5.41, 5.74) is 2.86. The van der Waals surface area contributed by atoms with Crippen molar-refractivity contribution >= 4 is 11.0 Å². The molecule has 24 heavy (non-hydrogen) atoms. The van der Waals surface area contributed by atoms with Crippen LogP contribution in [-0.4, -0.2) is 19.2 Å². The molecule has 4 nitrogen and oxygen atoms in total. The summed E-state index contributed by atoms with van der Waals surface area (Å²) in [7, 11) is 3.24. The first-order valence-electron chi connectivity index (χ1n) is 8.30. The van der Waals surface area contributed by atoms with Crippen molar-refractivity contribution in [3.05, 3.63) is 42.1 Å². The number of methoxy groups -OCH3 is 2. The molecule has 1 aromatic carbocycles. The molecule has 2 aromatic heterocycles. The number of nitrogens with zero attached hydrogens (tertiary/aromatic N) is 1. The average molecular weight is 329 g/mol. The smallest absolute Gasteiger partial charge is 0.216 e. The van der Waals surface area contributed by atoms with Crippen molar-refractivity contribution in [2.45, 2.75) is 34.6 Å². The maximum Gasteiger partial charge on any atom is 0.216 e. The van der Waals surface area contributed by atoms with Crippen LogP contribution in [0.1, 0.15) is 33.3 Å². The van der Waals surface area contributed by atoms with E-state index in [0.29, 0.717) is 5.88 Å². The summed E-state index contributed by atoms with van der Waals surface area (Å²) in [5.74, 6) is 2.22. The van der Waals surface area contributed by atoms with Gasteiger partial charge < -0.3 is 13.9 Å². The molecule has 0 aliphatic heterocycles. The zero-order valence-corrected chi connectivity index (χ0v) is 15.6. The Labute approximate surface area is 144 Å². The molecule has 0 radical (unpaired) electrons. The number of hydrogen-bond donors (Lipinski definition) is 0. The molecule has 3 aromatic rings. The Kier molecular flexibility index (Phi) is 7.83. The minimum Gasteiger partial charge on any atom is -0.497 e.